The Balaban J connectivity index is 1.25. The van der Waals surface area contributed by atoms with E-state index in [0.717, 1.165) is 54.2 Å². The van der Waals surface area contributed by atoms with Crippen molar-refractivity contribution in [1.82, 2.24) is 14.9 Å². The molecule has 0 aliphatic rings. The topological polar surface area (TPSA) is 74.6 Å². The number of carbonyl (C=O) groups is 1. The van der Waals surface area contributed by atoms with Gasteiger partial charge in [-0.05, 0) is 61.4 Å². The van der Waals surface area contributed by atoms with E-state index >= 15 is 0 Å². The molecule has 4 rings (SSSR count). The molecule has 0 aliphatic heterocycles. The molecule has 0 saturated heterocycles. The zero-order chi connectivity index (χ0) is 25.2. The summed E-state index contributed by atoms with van der Waals surface area (Å²) < 4.78 is 18.9. The minimum absolute atomic E-state index is 0.0343. The van der Waals surface area contributed by atoms with E-state index < -0.39 is 0 Å². The summed E-state index contributed by atoms with van der Waals surface area (Å²) in [5.41, 5.74) is 2.08. The number of imidazole rings is 1. The molecule has 0 spiro atoms. The second-order valence-electron chi connectivity index (χ2n) is 8.25. The van der Waals surface area contributed by atoms with Gasteiger partial charge in [0.15, 0.2) is 6.61 Å². The Bertz CT molecular complexity index is 1270. The van der Waals surface area contributed by atoms with Gasteiger partial charge in [-0.1, -0.05) is 29.8 Å². The fraction of sp³-hybridized carbons (Fsp3) is 0.286. The van der Waals surface area contributed by atoms with Crippen molar-refractivity contribution in [2.24, 2.45) is 0 Å². The Morgan fingerprint density at radius 2 is 1.75 bits per heavy atom. The number of hydrogen-bond acceptors (Lipinski definition) is 5. The first kappa shape index (κ1) is 25.4. The van der Waals surface area contributed by atoms with Gasteiger partial charge in [0.1, 0.15) is 23.1 Å². The van der Waals surface area contributed by atoms with Gasteiger partial charge in [-0.15, -0.1) is 0 Å². The first-order valence-electron chi connectivity index (χ1n) is 12.0. The zero-order valence-electron chi connectivity index (χ0n) is 20.3. The summed E-state index contributed by atoms with van der Waals surface area (Å²) in [6.07, 6.45) is 2.36. The van der Waals surface area contributed by atoms with E-state index in [1.54, 1.807) is 31.4 Å². The molecular weight excluding hydrogens is 478 g/mol. The molecule has 0 saturated carbocycles. The van der Waals surface area contributed by atoms with Crippen molar-refractivity contribution in [1.29, 1.82) is 0 Å². The highest BCUT2D eigenvalue weighted by Crippen LogP contribution is 2.20. The van der Waals surface area contributed by atoms with E-state index in [1.807, 2.05) is 42.5 Å². The van der Waals surface area contributed by atoms with Gasteiger partial charge >= 0.3 is 0 Å². The molecular formula is C28H30ClN3O4. The van der Waals surface area contributed by atoms with Crippen molar-refractivity contribution in [3.8, 4) is 17.2 Å². The molecule has 36 heavy (non-hydrogen) atoms. The Hall–Kier alpha value is -3.71. The van der Waals surface area contributed by atoms with Crippen LogP contribution in [0.5, 0.6) is 17.2 Å². The van der Waals surface area contributed by atoms with Crippen LogP contribution in [-0.2, 0) is 17.8 Å². The lowest BCUT2D eigenvalue weighted by molar-refractivity contribution is -0.123. The van der Waals surface area contributed by atoms with Gasteiger partial charge in [0.2, 0.25) is 0 Å². The van der Waals surface area contributed by atoms with Gasteiger partial charge in [-0.3, -0.25) is 4.79 Å². The molecule has 1 heterocycles. The van der Waals surface area contributed by atoms with Crippen molar-refractivity contribution in [2.45, 2.75) is 25.8 Å². The van der Waals surface area contributed by atoms with Crippen molar-refractivity contribution >= 4 is 28.5 Å². The maximum absolute atomic E-state index is 12.1. The Morgan fingerprint density at radius 1 is 0.944 bits per heavy atom. The monoisotopic (exact) mass is 507 g/mol. The standard InChI is InChI=1S/C28H30ClN3O4/c1-34-23-7-4-8-24(19-23)35-18-6-17-32-26-10-3-2-9-25(26)31-27(32)11-5-16-30-28(33)20-36-22-14-12-21(29)13-15-22/h2-4,7-10,12-15,19H,5-6,11,16-18,20H2,1H3,(H,30,33). The number of nitrogens with zero attached hydrogens (tertiary/aromatic N) is 2. The molecule has 0 radical (unpaired) electrons. The molecule has 4 aromatic rings. The first-order chi connectivity index (χ1) is 17.6. The Kier molecular flexibility index (Phi) is 9.05. The summed E-state index contributed by atoms with van der Waals surface area (Å²) in [4.78, 5) is 17.0. The van der Waals surface area contributed by atoms with Gasteiger partial charge in [-0.2, -0.15) is 0 Å². The highest BCUT2D eigenvalue weighted by Gasteiger charge is 2.11. The van der Waals surface area contributed by atoms with Crippen LogP contribution in [-0.4, -0.2) is 42.3 Å². The number of benzene rings is 3. The first-order valence-corrected chi connectivity index (χ1v) is 12.4. The highest BCUT2D eigenvalue weighted by atomic mass is 35.5. The largest absolute Gasteiger partial charge is 0.497 e. The zero-order valence-corrected chi connectivity index (χ0v) is 21.0. The van der Waals surface area contributed by atoms with Gasteiger partial charge < -0.3 is 24.1 Å². The molecule has 7 nitrogen and oxygen atoms in total. The van der Waals surface area contributed by atoms with Crippen molar-refractivity contribution < 1.29 is 19.0 Å². The number of aromatic nitrogens is 2. The maximum Gasteiger partial charge on any atom is 0.257 e. The summed E-state index contributed by atoms with van der Waals surface area (Å²) in [7, 11) is 1.64. The molecule has 1 aromatic heterocycles. The number of rotatable bonds is 13. The van der Waals surface area contributed by atoms with Crippen LogP contribution in [0.3, 0.4) is 0 Å². The number of aryl methyl sites for hydroxylation is 2. The average molecular weight is 508 g/mol. The van der Waals surface area contributed by atoms with Crippen LogP contribution in [0.25, 0.3) is 11.0 Å². The Morgan fingerprint density at radius 3 is 2.58 bits per heavy atom. The Labute approximate surface area is 216 Å². The van der Waals surface area contributed by atoms with E-state index in [2.05, 4.69) is 16.0 Å². The summed E-state index contributed by atoms with van der Waals surface area (Å²) in [6.45, 7) is 1.89. The number of halogens is 1. The van der Waals surface area contributed by atoms with Gasteiger partial charge in [0.05, 0.1) is 24.8 Å². The number of hydrogen-bond donors (Lipinski definition) is 1. The third-order valence-corrected chi connectivity index (χ3v) is 5.90. The summed E-state index contributed by atoms with van der Waals surface area (Å²) in [5, 5.41) is 3.54. The normalized spacial score (nSPS) is 10.8. The number of fused-ring (bicyclic) bond motifs is 1. The molecule has 3 aromatic carbocycles. The molecule has 0 fully saturated rings. The summed E-state index contributed by atoms with van der Waals surface area (Å²) in [5.74, 6) is 3.02. The number of ether oxygens (including phenoxy) is 3. The SMILES string of the molecule is COc1cccc(OCCCn2c(CCCNC(=O)COc3ccc(Cl)cc3)nc3ccccc32)c1. The number of para-hydroxylation sites is 2. The fourth-order valence-electron chi connectivity index (χ4n) is 3.87. The van der Waals surface area contributed by atoms with Gasteiger partial charge in [0, 0.05) is 30.6 Å². The second kappa shape index (κ2) is 12.8. The number of nitrogens with one attached hydrogen (secondary N) is 1. The lowest BCUT2D eigenvalue weighted by atomic mass is 10.2. The van der Waals surface area contributed by atoms with E-state index in [4.69, 9.17) is 30.8 Å². The molecule has 8 heteroatoms. The predicted octanol–water partition coefficient (Wildman–Crippen LogP) is 5.30. The lowest BCUT2D eigenvalue weighted by Gasteiger charge is -2.11. The average Bonchev–Trinajstić information content (AvgIpc) is 3.26. The van der Waals surface area contributed by atoms with E-state index in [9.17, 15) is 4.79 Å². The second-order valence-corrected chi connectivity index (χ2v) is 8.68. The van der Waals surface area contributed by atoms with Crippen LogP contribution < -0.4 is 19.5 Å². The van der Waals surface area contributed by atoms with E-state index in [1.165, 1.54) is 0 Å². The molecule has 0 atom stereocenters. The van der Waals surface area contributed by atoms with Crippen molar-refractivity contribution in [3.63, 3.8) is 0 Å². The van der Waals surface area contributed by atoms with Crippen LogP contribution in [0.15, 0.2) is 72.8 Å². The summed E-state index contributed by atoms with van der Waals surface area (Å²) in [6, 6.07) is 22.7. The molecule has 0 aliphatic carbocycles. The van der Waals surface area contributed by atoms with Gasteiger partial charge in [-0.25, -0.2) is 4.98 Å². The molecule has 188 valence electrons. The van der Waals surface area contributed by atoms with Crippen molar-refractivity contribution in [2.75, 3.05) is 26.9 Å². The van der Waals surface area contributed by atoms with Crippen molar-refractivity contribution in [3.05, 3.63) is 83.6 Å². The quantitative estimate of drug-likeness (QED) is 0.249. The highest BCUT2D eigenvalue weighted by molar-refractivity contribution is 6.30. The van der Waals surface area contributed by atoms with Crippen LogP contribution >= 0.6 is 11.6 Å². The van der Waals surface area contributed by atoms with Crippen LogP contribution in [0.2, 0.25) is 5.02 Å². The van der Waals surface area contributed by atoms with Crippen LogP contribution in [0, 0.1) is 0 Å². The van der Waals surface area contributed by atoms with Gasteiger partial charge in [0.25, 0.3) is 5.91 Å². The number of carbonyl (C=O) groups excluding carboxylic acids is 1. The smallest absolute Gasteiger partial charge is 0.257 e. The third-order valence-electron chi connectivity index (χ3n) is 5.65. The molecule has 1 N–H and O–H groups in total. The minimum atomic E-state index is -0.159. The van der Waals surface area contributed by atoms with Crippen LogP contribution in [0.4, 0.5) is 0 Å². The van der Waals surface area contributed by atoms with Crippen LogP contribution in [0.1, 0.15) is 18.7 Å². The maximum atomic E-state index is 12.1. The molecule has 0 unspecified atom stereocenters. The number of amides is 1. The third kappa shape index (κ3) is 7.15. The minimum Gasteiger partial charge on any atom is -0.497 e. The number of methoxy groups -OCH3 is 1. The summed E-state index contributed by atoms with van der Waals surface area (Å²) >= 11 is 5.87. The fourth-order valence-corrected chi connectivity index (χ4v) is 4.00. The molecule has 0 bridgehead atoms. The van der Waals surface area contributed by atoms with E-state index in [0.29, 0.717) is 23.9 Å². The molecule has 1 amide bonds. The lowest BCUT2D eigenvalue weighted by Crippen LogP contribution is -2.30. The predicted molar refractivity (Wildman–Crippen MR) is 141 cm³/mol. The van der Waals surface area contributed by atoms with E-state index in [-0.39, 0.29) is 12.5 Å².